The Labute approximate surface area is 149 Å². The lowest BCUT2D eigenvalue weighted by molar-refractivity contribution is -0.914. The fourth-order valence-electron chi connectivity index (χ4n) is 2.72. The molecule has 1 heterocycles. The fourth-order valence-corrected chi connectivity index (χ4v) is 3.50. The van der Waals surface area contributed by atoms with Crippen LogP contribution in [0.15, 0.2) is 0 Å². The largest absolute Gasteiger partial charge is 0.756 e. The van der Waals surface area contributed by atoms with Crippen molar-refractivity contribution < 1.29 is 23.0 Å². The molecule has 0 atom stereocenters. The Balaban J connectivity index is 0.000000446. The Kier molecular flexibility index (Phi) is 14.3. The number of piperidine rings is 1. The van der Waals surface area contributed by atoms with E-state index in [1.165, 1.54) is 56.2 Å². The van der Waals surface area contributed by atoms with Gasteiger partial charge < -0.3 is 18.4 Å². The molecule has 0 amide bonds. The van der Waals surface area contributed by atoms with Crippen LogP contribution < -0.4 is 4.89 Å². The molecule has 1 rings (SSSR count). The third-order valence-corrected chi connectivity index (χ3v) is 5.44. The molecule has 0 spiro atoms. The average molecular weight is 365 g/mol. The van der Waals surface area contributed by atoms with Gasteiger partial charge in [0.15, 0.2) is 0 Å². The Morgan fingerprint density at radius 3 is 1.75 bits per heavy atom. The van der Waals surface area contributed by atoms with Crippen LogP contribution in [0.1, 0.15) is 78.6 Å². The van der Waals surface area contributed by atoms with Crippen molar-refractivity contribution in [2.24, 2.45) is 0 Å². The quantitative estimate of drug-likeness (QED) is 0.307. The van der Waals surface area contributed by atoms with Gasteiger partial charge in [0.05, 0.1) is 39.9 Å². The number of rotatable bonds is 11. The molecule has 0 unspecified atom stereocenters. The van der Waals surface area contributed by atoms with Gasteiger partial charge in [0.2, 0.25) is 0 Å². The Bertz CT molecular complexity index is 319. The zero-order chi connectivity index (χ0) is 18.3. The van der Waals surface area contributed by atoms with Crippen molar-refractivity contribution in [3.05, 3.63) is 0 Å². The van der Waals surface area contributed by atoms with E-state index in [-0.39, 0.29) is 13.2 Å². The molecule has 0 radical (unpaired) electrons. The summed E-state index contributed by atoms with van der Waals surface area (Å²) < 4.78 is 21.5. The van der Waals surface area contributed by atoms with E-state index >= 15 is 0 Å². The summed E-state index contributed by atoms with van der Waals surface area (Å²) in [5.74, 6) is 0. The van der Waals surface area contributed by atoms with Crippen LogP contribution >= 0.6 is 7.82 Å². The van der Waals surface area contributed by atoms with E-state index in [9.17, 15) is 9.46 Å². The van der Waals surface area contributed by atoms with Gasteiger partial charge in [-0.15, -0.1) is 0 Å². The van der Waals surface area contributed by atoms with Crippen LogP contribution in [0.4, 0.5) is 0 Å². The topological polar surface area (TPSA) is 58.6 Å². The maximum Gasteiger partial charge on any atom is 0.267 e. The summed E-state index contributed by atoms with van der Waals surface area (Å²) in [6, 6.07) is 0. The fraction of sp³-hybridized carbons (Fsp3) is 1.00. The number of quaternary nitrogens is 1. The maximum absolute atomic E-state index is 11.0. The molecule has 1 fully saturated rings. The van der Waals surface area contributed by atoms with E-state index < -0.39 is 7.82 Å². The minimum Gasteiger partial charge on any atom is -0.756 e. The first kappa shape index (κ1) is 24.1. The summed E-state index contributed by atoms with van der Waals surface area (Å²) in [6.07, 6.45) is 10.5. The van der Waals surface area contributed by atoms with Gasteiger partial charge in [-0.25, -0.2) is 0 Å². The van der Waals surface area contributed by atoms with Crippen molar-refractivity contribution in [2.75, 3.05) is 39.9 Å². The standard InChI is InChI=1S/C10H22N.C8H19O4P/c1-3-4-8-11(2)9-6-5-7-10-11;1-3-5-7-11-13(9,10)12-8-6-4-2/h3-10H2,1-2H3;3-8H2,1-2H3,(H,9,10)/q+1;/p-1. The highest BCUT2D eigenvalue weighted by molar-refractivity contribution is 7.45. The number of unbranched alkanes of at least 4 members (excludes halogenated alkanes) is 3. The first-order chi connectivity index (χ1) is 11.4. The minimum atomic E-state index is -4.00. The monoisotopic (exact) mass is 365 g/mol. The zero-order valence-electron chi connectivity index (χ0n) is 16.4. The van der Waals surface area contributed by atoms with Crippen LogP contribution in [0, 0.1) is 0 Å². The first-order valence-corrected chi connectivity index (χ1v) is 11.3. The van der Waals surface area contributed by atoms with Gasteiger partial charge >= 0.3 is 0 Å². The molecular weight excluding hydrogens is 325 g/mol. The third kappa shape index (κ3) is 13.4. The Hall–Kier alpha value is 0.0700. The van der Waals surface area contributed by atoms with Crippen molar-refractivity contribution >= 4 is 7.82 Å². The van der Waals surface area contributed by atoms with Crippen molar-refractivity contribution in [1.29, 1.82) is 0 Å². The highest BCUT2D eigenvalue weighted by Gasteiger charge is 2.23. The number of phosphoric ester groups is 1. The van der Waals surface area contributed by atoms with Crippen molar-refractivity contribution in [3.63, 3.8) is 0 Å². The molecule has 0 N–H and O–H groups in total. The van der Waals surface area contributed by atoms with Crippen LogP contribution in [0.3, 0.4) is 0 Å². The van der Waals surface area contributed by atoms with Gasteiger partial charge in [-0.05, 0) is 38.5 Å². The van der Waals surface area contributed by atoms with E-state index in [1.54, 1.807) is 0 Å². The van der Waals surface area contributed by atoms with Crippen molar-refractivity contribution in [3.8, 4) is 0 Å². The molecule has 1 saturated heterocycles. The zero-order valence-corrected chi connectivity index (χ0v) is 17.3. The summed E-state index contributed by atoms with van der Waals surface area (Å²) >= 11 is 0. The second-order valence-corrected chi connectivity index (χ2v) is 8.44. The van der Waals surface area contributed by atoms with Gasteiger partial charge in [0.25, 0.3) is 7.82 Å². The molecular formula is C18H40NO4P. The summed E-state index contributed by atoms with van der Waals surface area (Å²) in [5.41, 5.74) is 0. The third-order valence-electron chi connectivity index (χ3n) is 4.44. The molecule has 0 bridgehead atoms. The van der Waals surface area contributed by atoms with Crippen LogP contribution in [-0.2, 0) is 13.6 Å². The summed E-state index contributed by atoms with van der Waals surface area (Å²) in [4.78, 5) is 11.0. The molecule has 1 aliphatic heterocycles. The lowest BCUT2D eigenvalue weighted by Gasteiger charge is -2.37. The number of likely N-dealkylation sites (tertiary alicyclic amines) is 1. The summed E-state index contributed by atoms with van der Waals surface area (Å²) in [5, 5.41) is 0. The van der Waals surface area contributed by atoms with Gasteiger partial charge in [-0.3, -0.25) is 4.57 Å². The van der Waals surface area contributed by atoms with Crippen LogP contribution in [-0.4, -0.2) is 44.4 Å². The second-order valence-electron chi connectivity index (χ2n) is 7.03. The SMILES string of the molecule is CCCCOP(=O)([O-])OCCCC.CCCC[N+]1(C)CCCCC1. The molecule has 1 aliphatic rings. The van der Waals surface area contributed by atoms with Gasteiger partial charge in [0, 0.05) is 0 Å². The number of nitrogens with zero attached hydrogens (tertiary/aromatic N) is 1. The highest BCUT2D eigenvalue weighted by Crippen LogP contribution is 2.38. The van der Waals surface area contributed by atoms with Crippen molar-refractivity contribution in [1.82, 2.24) is 0 Å². The molecule has 0 saturated carbocycles. The van der Waals surface area contributed by atoms with E-state index in [4.69, 9.17) is 0 Å². The predicted molar refractivity (Wildman–Crippen MR) is 98.9 cm³/mol. The Morgan fingerprint density at radius 1 is 0.875 bits per heavy atom. The van der Waals surface area contributed by atoms with Gasteiger partial charge in [-0.1, -0.05) is 40.0 Å². The number of phosphoric acid groups is 1. The van der Waals surface area contributed by atoms with E-state index in [0.717, 1.165) is 25.7 Å². The predicted octanol–water partition coefficient (Wildman–Crippen LogP) is 4.51. The van der Waals surface area contributed by atoms with E-state index in [0.29, 0.717) is 0 Å². The maximum atomic E-state index is 11.0. The number of hydrogen-bond donors (Lipinski definition) is 0. The lowest BCUT2D eigenvalue weighted by Crippen LogP contribution is -2.48. The molecule has 0 aromatic carbocycles. The highest BCUT2D eigenvalue weighted by atomic mass is 31.2. The van der Waals surface area contributed by atoms with Crippen molar-refractivity contribution in [2.45, 2.75) is 78.6 Å². The van der Waals surface area contributed by atoms with Crippen LogP contribution in [0.5, 0.6) is 0 Å². The molecule has 6 heteroatoms. The molecule has 0 aromatic rings. The van der Waals surface area contributed by atoms with Crippen LogP contribution in [0.25, 0.3) is 0 Å². The molecule has 24 heavy (non-hydrogen) atoms. The average Bonchev–Trinajstić information content (AvgIpc) is 2.55. The number of hydrogen-bond acceptors (Lipinski definition) is 4. The molecule has 0 aromatic heterocycles. The molecule has 5 nitrogen and oxygen atoms in total. The first-order valence-electron chi connectivity index (χ1n) is 9.82. The molecule has 146 valence electrons. The van der Waals surface area contributed by atoms with Gasteiger partial charge in [0.1, 0.15) is 0 Å². The Morgan fingerprint density at radius 2 is 1.33 bits per heavy atom. The second kappa shape index (κ2) is 14.3. The normalized spacial score (nSPS) is 17.2. The smallest absolute Gasteiger partial charge is 0.267 e. The van der Waals surface area contributed by atoms with E-state index in [1.807, 2.05) is 13.8 Å². The minimum absolute atomic E-state index is 0.226. The lowest BCUT2D eigenvalue weighted by atomic mass is 10.1. The summed E-state index contributed by atoms with van der Waals surface area (Å²) in [6.45, 7) is 11.0. The van der Waals surface area contributed by atoms with Gasteiger partial charge in [-0.2, -0.15) is 0 Å². The summed E-state index contributed by atoms with van der Waals surface area (Å²) in [7, 11) is -1.58. The molecule has 0 aliphatic carbocycles. The van der Waals surface area contributed by atoms with Crippen LogP contribution in [0.2, 0.25) is 0 Å². The van der Waals surface area contributed by atoms with E-state index in [2.05, 4.69) is 23.0 Å².